The summed E-state index contributed by atoms with van der Waals surface area (Å²) in [6.07, 6.45) is 3.43. The molecular formula is C19H15ClN6OS. The number of fused-ring (bicyclic) bond motifs is 1. The molecule has 0 unspecified atom stereocenters. The molecule has 0 radical (unpaired) electrons. The van der Waals surface area contributed by atoms with E-state index in [-0.39, 0.29) is 11.7 Å². The molecule has 4 aromatic rings. The van der Waals surface area contributed by atoms with Crippen LogP contribution in [0.2, 0.25) is 5.02 Å². The van der Waals surface area contributed by atoms with Crippen LogP contribution < -0.4 is 5.32 Å². The van der Waals surface area contributed by atoms with Gasteiger partial charge in [0, 0.05) is 28.7 Å². The Hall–Kier alpha value is -2.97. The molecule has 1 amide bonds. The van der Waals surface area contributed by atoms with Gasteiger partial charge in [-0.3, -0.25) is 9.78 Å². The average Bonchev–Trinajstić information content (AvgIpc) is 3.13. The van der Waals surface area contributed by atoms with Crippen LogP contribution >= 0.6 is 23.4 Å². The third kappa shape index (κ3) is 3.83. The van der Waals surface area contributed by atoms with Crippen LogP contribution in [0.4, 0.5) is 5.69 Å². The highest BCUT2D eigenvalue weighted by Crippen LogP contribution is 2.24. The van der Waals surface area contributed by atoms with Crippen LogP contribution in [0.5, 0.6) is 0 Å². The molecule has 0 atom stereocenters. The molecule has 0 aliphatic carbocycles. The third-order valence-electron chi connectivity index (χ3n) is 4.08. The Bertz CT molecular complexity index is 1150. The SMILES string of the molecule is Cc1c(Cl)cccc1NC(=O)CSc1nnc2ccc(-c3ccncc3)nn12. The number of pyridine rings is 1. The van der Waals surface area contributed by atoms with Crippen LogP contribution in [-0.4, -0.2) is 36.5 Å². The number of aromatic nitrogens is 5. The average molecular weight is 411 g/mol. The van der Waals surface area contributed by atoms with Gasteiger partial charge in [-0.2, -0.15) is 9.61 Å². The topological polar surface area (TPSA) is 85.1 Å². The Morgan fingerprint density at radius 2 is 1.96 bits per heavy atom. The second kappa shape index (κ2) is 7.95. The second-order valence-electron chi connectivity index (χ2n) is 5.96. The quantitative estimate of drug-likeness (QED) is 0.502. The zero-order valence-corrected chi connectivity index (χ0v) is 16.4. The van der Waals surface area contributed by atoms with Gasteiger partial charge in [-0.25, -0.2) is 0 Å². The molecule has 140 valence electrons. The van der Waals surface area contributed by atoms with Crippen LogP contribution in [-0.2, 0) is 4.79 Å². The Labute approximate surface area is 170 Å². The van der Waals surface area contributed by atoms with E-state index in [2.05, 4.69) is 25.6 Å². The van der Waals surface area contributed by atoms with Crippen LogP contribution in [0.15, 0.2) is 60.0 Å². The fourth-order valence-corrected chi connectivity index (χ4v) is 3.46. The van der Waals surface area contributed by atoms with E-state index in [1.54, 1.807) is 29.0 Å². The fraction of sp³-hybridized carbons (Fsp3) is 0.105. The van der Waals surface area contributed by atoms with Crippen molar-refractivity contribution in [2.24, 2.45) is 0 Å². The van der Waals surface area contributed by atoms with Crippen LogP contribution in [0.1, 0.15) is 5.56 Å². The van der Waals surface area contributed by atoms with E-state index in [0.29, 0.717) is 21.5 Å². The molecule has 1 aromatic carbocycles. The standard InChI is InChI=1S/C19H15ClN6OS/c1-12-14(20)3-2-4-15(12)22-18(27)11-28-19-24-23-17-6-5-16(25-26(17)19)13-7-9-21-10-8-13/h2-10H,11H2,1H3,(H,22,27). The normalized spacial score (nSPS) is 10.9. The van der Waals surface area contributed by atoms with Gasteiger partial charge in [0.2, 0.25) is 11.1 Å². The van der Waals surface area contributed by atoms with Gasteiger partial charge in [-0.1, -0.05) is 29.4 Å². The predicted octanol–water partition coefficient (Wildman–Crippen LogP) is 3.88. The summed E-state index contributed by atoms with van der Waals surface area (Å²) in [6.45, 7) is 1.86. The monoisotopic (exact) mass is 410 g/mol. The molecule has 3 aromatic heterocycles. The summed E-state index contributed by atoms with van der Waals surface area (Å²) in [5.74, 6) is 0.0193. The van der Waals surface area contributed by atoms with Gasteiger partial charge in [0.25, 0.3) is 0 Å². The number of carbonyl (C=O) groups excluding carboxylic acids is 1. The number of nitrogens with zero attached hydrogens (tertiary/aromatic N) is 5. The van der Waals surface area contributed by atoms with E-state index in [1.165, 1.54) is 11.8 Å². The second-order valence-corrected chi connectivity index (χ2v) is 7.31. The molecule has 7 nitrogen and oxygen atoms in total. The summed E-state index contributed by atoms with van der Waals surface area (Å²) in [5.41, 5.74) is 3.86. The molecule has 0 spiro atoms. The van der Waals surface area contributed by atoms with Crippen molar-refractivity contribution in [3.63, 3.8) is 0 Å². The molecular weight excluding hydrogens is 396 g/mol. The minimum absolute atomic E-state index is 0.155. The van der Waals surface area contributed by atoms with Gasteiger partial charge in [-0.15, -0.1) is 10.2 Å². The van der Waals surface area contributed by atoms with E-state index in [1.807, 2.05) is 37.3 Å². The molecule has 0 aliphatic rings. The fourth-order valence-electron chi connectivity index (χ4n) is 2.60. The van der Waals surface area contributed by atoms with Crippen LogP contribution in [0.3, 0.4) is 0 Å². The number of halogens is 1. The van der Waals surface area contributed by atoms with E-state index in [9.17, 15) is 4.79 Å². The molecule has 1 N–H and O–H groups in total. The Morgan fingerprint density at radius 1 is 1.14 bits per heavy atom. The van der Waals surface area contributed by atoms with Crippen molar-refractivity contribution in [3.05, 3.63) is 65.4 Å². The summed E-state index contributed by atoms with van der Waals surface area (Å²) in [6, 6.07) is 12.9. The summed E-state index contributed by atoms with van der Waals surface area (Å²) in [5, 5.41) is 16.9. The lowest BCUT2D eigenvalue weighted by Gasteiger charge is -2.09. The first-order valence-electron chi connectivity index (χ1n) is 8.42. The molecule has 9 heteroatoms. The van der Waals surface area contributed by atoms with Crippen molar-refractivity contribution in [2.45, 2.75) is 12.1 Å². The van der Waals surface area contributed by atoms with Crippen LogP contribution in [0, 0.1) is 6.92 Å². The molecule has 28 heavy (non-hydrogen) atoms. The van der Waals surface area contributed by atoms with Crippen molar-refractivity contribution in [3.8, 4) is 11.3 Å². The molecule has 0 fully saturated rings. The summed E-state index contributed by atoms with van der Waals surface area (Å²) in [7, 11) is 0. The minimum atomic E-state index is -0.155. The molecule has 0 saturated carbocycles. The first-order valence-corrected chi connectivity index (χ1v) is 9.79. The van der Waals surface area contributed by atoms with E-state index in [4.69, 9.17) is 11.6 Å². The maximum absolute atomic E-state index is 12.3. The molecule has 0 aliphatic heterocycles. The largest absolute Gasteiger partial charge is 0.325 e. The summed E-state index contributed by atoms with van der Waals surface area (Å²) >= 11 is 7.36. The predicted molar refractivity (Wildman–Crippen MR) is 110 cm³/mol. The number of hydrogen-bond acceptors (Lipinski definition) is 6. The molecule has 0 saturated heterocycles. The van der Waals surface area contributed by atoms with Crippen molar-refractivity contribution < 1.29 is 4.79 Å². The summed E-state index contributed by atoms with van der Waals surface area (Å²) in [4.78, 5) is 16.4. The number of amides is 1. The van der Waals surface area contributed by atoms with Crippen molar-refractivity contribution in [1.29, 1.82) is 0 Å². The Balaban J connectivity index is 1.50. The highest BCUT2D eigenvalue weighted by Gasteiger charge is 2.13. The zero-order valence-electron chi connectivity index (χ0n) is 14.8. The number of hydrogen-bond donors (Lipinski definition) is 1. The third-order valence-corrected chi connectivity index (χ3v) is 5.41. The van der Waals surface area contributed by atoms with Gasteiger partial charge < -0.3 is 5.32 Å². The Morgan fingerprint density at radius 3 is 2.79 bits per heavy atom. The first-order chi connectivity index (χ1) is 13.6. The van der Waals surface area contributed by atoms with Gasteiger partial charge >= 0.3 is 0 Å². The number of carbonyl (C=O) groups is 1. The van der Waals surface area contributed by atoms with Crippen molar-refractivity contribution in [2.75, 3.05) is 11.1 Å². The zero-order chi connectivity index (χ0) is 19.5. The lowest BCUT2D eigenvalue weighted by atomic mass is 10.2. The van der Waals surface area contributed by atoms with Gasteiger partial charge in [0.1, 0.15) is 0 Å². The highest BCUT2D eigenvalue weighted by atomic mass is 35.5. The van der Waals surface area contributed by atoms with Crippen molar-refractivity contribution >= 4 is 40.6 Å². The van der Waals surface area contributed by atoms with E-state index in [0.717, 1.165) is 16.8 Å². The number of nitrogens with one attached hydrogen (secondary N) is 1. The van der Waals surface area contributed by atoms with Crippen LogP contribution in [0.25, 0.3) is 16.9 Å². The minimum Gasteiger partial charge on any atom is -0.325 e. The number of thioether (sulfide) groups is 1. The molecule has 3 heterocycles. The smallest absolute Gasteiger partial charge is 0.234 e. The maximum atomic E-state index is 12.3. The summed E-state index contributed by atoms with van der Waals surface area (Å²) < 4.78 is 1.64. The van der Waals surface area contributed by atoms with E-state index >= 15 is 0 Å². The van der Waals surface area contributed by atoms with E-state index < -0.39 is 0 Å². The molecule has 0 bridgehead atoms. The number of benzene rings is 1. The first kappa shape index (κ1) is 18.4. The lowest BCUT2D eigenvalue weighted by molar-refractivity contribution is -0.113. The maximum Gasteiger partial charge on any atom is 0.234 e. The van der Waals surface area contributed by atoms with Gasteiger partial charge in [-0.05, 0) is 48.9 Å². The molecule has 4 rings (SSSR count). The lowest BCUT2D eigenvalue weighted by Crippen LogP contribution is -2.15. The van der Waals surface area contributed by atoms with Gasteiger partial charge in [0.05, 0.1) is 11.4 Å². The van der Waals surface area contributed by atoms with Crippen molar-refractivity contribution in [1.82, 2.24) is 24.8 Å². The van der Waals surface area contributed by atoms with Gasteiger partial charge in [0.15, 0.2) is 5.65 Å². The number of anilines is 1. The Kier molecular flexibility index (Phi) is 5.23. The number of rotatable bonds is 5. The highest BCUT2D eigenvalue weighted by molar-refractivity contribution is 7.99.